The van der Waals surface area contributed by atoms with Crippen molar-refractivity contribution in [1.29, 1.82) is 0 Å². The number of rotatable bonds is 5. The van der Waals surface area contributed by atoms with Crippen LogP contribution in [0.4, 0.5) is 0 Å². The number of hydrogen-bond donors (Lipinski definition) is 1. The van der Waals surface area contributed by atoms with Gasteiger partial charge in [-0.1, -0.05) is 18.2 Å². The molecule has 1 amide bonds. The summed E-state index contributed by atoms with van der Waals surface area (Å²) in [6.45, 7) is 4.94. The van der Waals surface area contributed by atoms with Crippen LogP contribution in [-0.2, 0) is 19.4 Å². The number of para-hydroxylation sites is 1. The molecule has 0 radical (unpaired) electrons. The largest absolute Gasteiger partial charge is 0.452 e. The van der Waals surface area contributed by atoms with Gasteiger partial charge in [-0.05, 0) is 45.4 Å². The van der Waals surface area contributed by atoms with E-state index in [2.05, 4.69) is 5.32 Å². The maximum absolute atomic E-state index is 12.5. The van der Waals surface area contributed by atoms with E-state index in [1.165, 1.54) is 0 Å². The fourth-order valence-electron chi connectivity index (χ4n) is 3.63. The Bertz CT molecular complexity index is 1010. The highest BCUT2D eigenvalue weighted by Crippen LogP contribution is 2.23. The highest BCUT2D eigenvalue weighted by atomic mass is 32.2. The highest BCUT2D eigenvalue weighted by molar-refractivity contribution is 7.91. The molecular formula is C20H24N2O5S. The number of benzene rings is 1. The molecule has 1 aromatic heterocycles. The normalized spacial score (nSPS) is 20.7. The molecule has 0 spiro atoms. The zero-order valence-corrected chi connectivity index (χ0v) is 17.0. The molecule has 1 saturated heterocycles. The number of carbonyl (C=O) groups excluding carboxylic acids is 2. The molecule has 2 aromatic rings. The summed E-state index contributed by atoms with van der Waals surface area (Å²) in [6.07, 6.45) is 0.354. The van der Waals surface area contributed by atoms with Crippen LogP contribution in [0.2, 0.25) is 0 Å². The minimum absolute atomic E-state index is 0.0506. The Morgan fingerprint density at radius 1 is 1.21 bits per heavy atom. The van der Waals surface area contributed by atoms with Gasteiger partial charge in [0.2, 0.25) is 0 Å². The molecule has 0 bridgehead atoms. The zero-order valence-electron chi connectivity index (χ0n) is 16.2. The second-order valence-electron chi connectivity index (χ2n) is 7.48. The van der Waals surface area contributed by atoms with Crippen LogP contribution in [0.15, 0.2) is 36.4 Å². The zero-order chi connectivity index (χ0) is 20.5. The van der Waals surface area contributed by atoms with Crippen LogP contribution in [0.1, 0.15) is 35.1 Å². The lowest BCUT2D eigenvalue weighted by Gasteiger charge is -2.23. The van der Waals surface area contributed by atoms with Gasteiger partial charge >= 0.3 is 5.97 Å². The predicted molar refractivity (Wildman–Crippen MR) is 105 cm³/mol. The first-order valence-electron chi connectivity index (χ1n) is 9.03. The number of ether oxygens (including phenoxy) is 1. The molecule has 0 aliphatic carbocycles. The molecule has 7 nitrogen and oxygen atoms in total. The lowest BCUT2D eigenvalue weighted by atomic mass is 10.0. The Balaban J connectivity index is 1.65. The minimum atomic E-state index is -3.13. The predicted octanol–water partition coefficient (Wildman–Crippen LogP) is 1.94. The van der Waals surface area contributed by atoms with Gasteiger partial charge in [0.1, 0.15) is 0 Å². The first kappa shape index (κ1) is 20.1. The third-order valence-electron chi connectivity index (χ3n) is 4.94. The van der Waals surface area contributed by atoms with Gasteiger partial charge in [0.25, 0.3) is 5.91 Å². The van der Waals surface area contributed by atoms with Crippen molar-refractivity contribution in [2.75, 3.05) is 18.1 Å². The molecule has 0 saturated carbocycles. The lowest BCUT2D eigenvalue weighted by molar-refractivity contribution is -0.125. The van der Waals surface area contributed by atoms with Gasteiger partial charge in [-0.25, -0.2) is 13.2 Å². The highest BCUT2D eigenvalue weighted by Gasteiger charge is 2.39. The number of carbonyl (C=O) groups is 2. The van der Waals surface area contributed by atoms with Gasteiger partial charge in [-0.2, -0.15) is 0 Å². The quantitative estimate of drug-likeness (QED) is 0.769. The molecule has 8 heteroatoms. The standard InChI is InChI=1S/C20H24N2O5S/c1-14-11-17(15(2)22(14)16-7-5-4-6-8-16)19(24)27-12-18(23)21-20(3)9-10-28(25,26)13-20/h4-8,11H,9-10,12-13H2,1-3H3,(H,21,23)/t20-/m0/s1. The number of esters is 1. The Kier molecular flexibility index (Phi) is 5.34. The molecule has 1 N–H and O–H groups in total. The van der Waals surface area contributed by atoms with E-state index in [9.17, 15) is 18.0 Å². The number of aromatic nitrogens is 1. The Hall–Kier alpha value is -2.61. The van der Waals surface area contributed by atoms with Crippen LogP contribution in [0.5, 0.6) is 0 Å². The summed E-state index contributed by atoms with van der Waals surface area (Å²) >= 11 is 0. The van der Waals surface area contributed by atoms with Crippen molar-refractivity contribution < 1.29 is 22.7 Å². The van der Waals surface area contributed by atoms with Crippen molar-refractivity contribution in [3.05, 3.63) is 53.3 Å². The van der Waals surface area contributed by atoms with E-state index in [0.717, 1.165) is 17.1 Å². The van der Waals surface area contributed by atoms with E-state index >= 15 is 0 Å². The number of aryl methyl sites for hydroxylation is 1. The fraction of sp³-hybridized carbons (Fsp3) is 0.400. The molecule has 1 fully saturated rings. The van der Waals surface area contributed by atoms with Crippen LogP contribution in [0.25, 0.3) is 5.69 Å². The van der Waals surface area contributed by atoms with Crippen LogP contribution >= 0.6 is 0 Å². The van der Waals surface area contributed by atoms with Crippen molar-refractivity contribution in [1.82, 2.24) is 9.88 Å². The molecule has 150 valence electrons. The van der Waals surface area contributed by atoms with Gasteiger partial charge in [0, 0.05) is 17.1 Å². The summed E-state index contributed by atoms with van der Waals surface area (Å²) in [5.74, 6) is -1.15. The van der Waals surface area contributed by atoms with Crippen molar-refractivity contribution in [3.8, 4) is 5.69 Å². The monoisotopic (exact) mass is 404 g/mol. The van der Waals surface area contributed by atoms with Gasteiger partial charge in [-0.3, -0.25) is 4.79 Å². The third-order valence-corrected chi connectivity index (χ3v) is 6.85. The fourth-order valence-corrected chi connectivity index (χ4v) is 5.73. The molecule has 1 aromatic carbocycles. The molecule has 0 unspecified atom stereocenters. The number of hydrogen-bond acceptors (Lipinski definition) is 5. The number of sulfone groups is 1. The molecule has 3 rings (SSSR count). The molecule has 28 heavy (non-hydrogen) atoms. The smallest absolute Gasteiger partial charge is 0.340 e. The maximum atomic E-state index is 12.5. The Morgan fingerprint density at radius 3 is 2.50 bits per heavy atom. The third kappa shape index (κ3) is 4.27. The summed E-state index contributed by atoms with van der Waals surface area (Å²) in [7, 11) is -3.13. The summed E-state index contributed by atoms with van der Waals surface area (Å²) in [4.78, 5) is 24.6. The molecule has 2 heterocycles. The van der Waals surface area contributed by atoms with Crippen LogP contribution < -0.4 is 5.32 Å². The van der Waals surface area contributed by atoms with Crippen molar-refractivity contribution >= 4 is 21.7 Å². The second-order valence-corrected chi connectivity index (χ2v) is 9.67. The minimum Gasteiger partial charge on any atom is -0.452 e. The maximum Gasteiger partial charge on any atom is 0.340 e. The van der Waals surface area contributed by atoms with E-state index < -0.39 is 33.9 Å². The molecular weight excluding hydrogens is 380 g/mol. The van der Waals surface area contributed by atoms with Gasteiger partial charge in [0.15, 0.2) is 16.4 Å². The van der Waals surface area contributed by atoms with Crippen molar-refractivity contribution in [2.24, 2.45) is 0 Å². The van der Waals surface area contributed by atoms with Gasteiger partial charge < -0.3 is 14.6 Å². The van der Waals surface area contributed by atoms with E-state index in [1.807, 2.05) is 48.7 Å². The Morgan fingerprint density at radius 2 is 1.89 bits per heavy atom. The molecule has 1 aliphatic heterocycles. The summed E-state index contributed by atoms with van der Waals surface area (Å²) in [5.41, 5.74) is 2.12. The lowest BCUT2D eigenvalue weighted by Crippen LogP contribution is -2.48. The number of amides is 1. The number of nitrogens with zero attached hydrogens (tertiary/aromatic N) is 1. The molecule has 1 aliphatic rings. The second kappa shape index (κ2) is 7.43. The van der Waals surface area contributed by atoms with E-state index in [1.54, 1.807) is 13.0 Å². The van der Waals surface area contributed by atoms with Crippen LogP contribution in [0, 0.1) is 13.8 Å². The van der Waals surface area contributed by atoms with E-state index in [0.29, 0.717) is 12.0 Å². The van der Waals surface area contributed by atoms with Crippen LogP contribution in [-0.4, -0.2) is 48.5 Å². The van der Waals surface area contributed by atoms with Crippen molar-refractivity contribution in [3.63, 3.8) is 0 Å². The SMILES string of the molecule is Cc1cc(C(=O)OCC(=O)N[C@@]2(C)CCS(=O)(=O)C2)c(C)n1-c1ccccc1. The topological polar surface area (TPSA) is 94.5 Å². The van der Waals surface area contributed by atoms with E-state index in [4.69, 9.17) is 4.74 Å². The molecule has 1 atom stereocenters. The van der Waals surface area contributed by atoms with Crippen LogP contribution in [0.3, 0.4) is 0 Å². The average Bonchev–Trinajstić information content (AvgIpc) is 3.08. The van der Waals surface area contributed by atoms with E-state index in [-0.39, 0.29) is 11.5 Å². The number of nitrogens with one attached hydrogen (secondary N) is 1. The summed E-state index contributed by atoms with van der Waals surface area (Å²) in [6, 6.07) is 11.4. The Labute approximate surface area is 164 Å². The summed E-state index contributed by atoms with van der Waals surface area (Å²) in [5, 5.41) is 2.67. The summed E-state index contributed by atoms with van der Waals surface area (Å²) < 4.78 is 30.4. The first-order chi connectivity index (χ1) is 13.1. The first-order valence-corrected chi connectivity index (χ1v) is 10.9. The van der Waals surface area contributed by atoms with Gasteiger partial charge in [-0.15, -0.1) is 0 Å². The van der Waals surface area contributed by atoms with Gasteiger partial charge in [0.05, 0.1) is 22.6 Å². The average molecular weight is 404 g/mol. The van der Waals surface area contributed by atoms with Crippen molar-refractivity contribution in [2.45, 2.75) is 32.7 Å².